The molecule has 110 valence electrons. The van der Waals surface area contributed by atoms with Gasteiger partial charge in [0.1, 0.15) is 0 Å². The van der Waals surface area contributed by atoms with Crippen LogP contribution in [0, 0.1) is 6.92 Å². The van der Waals surface area contributed by atoms with Gasteiger partial charge in [0.25, 0.3) is 0 Å². The van der Waals surface area contributed by atoms with Crippen molar-refractivity contribution >= 4 is 5.97 Å². The number of hydrogen-bond acceptors (Lipinski definition) is 2. The zero-order valence-electron chi connectivity index (χ0n) is 12.6. The maximum Gasteiger partial charge on any atom is 0.304 e. The lowest BCUT2D eigenvalue weighted by Gasteiger charge is -2.46. The number of hydrogen-bond donors (Lipinski definition) is 1. The van der Waals surface area contributed by atoms with Crippen LogP contribution >= 0.6 is 0 Å². The van der Waals surface area contributed by atoms with Crippen LogP contribution in [0.3, 0.4) is 0 Å². The van der Waals surface area contributed by atoms with Crippen molar-refractivity contribution in [1.29, 1.82) is 0 Å². The predicted molar refractivity (Wildman–Crippen MR) is 79.0 cm³/mol. The Hall–Kier alpha value is -1.35. The molecule has 2 atom stereocenters. The highest BCUT2D eigenvalue weighted by molar-refractivity contribution is 5.69. The van der Waals surface area contributed by atoms with E-state index in [0.717, 1.165) is 24.8 Å². The molecule has 0 spiro atoms. The number of carbonyl (C=O) groups is 1. The lowest BCUT2D eigenvalue weighted by atomic mass is 9.66. The first-order valence-electron chi connectivity index (χ1n) is 7.32. The van der Waals surface area contributed by atoms with E-state index in [2.05, 4.69) is 38.1 Å². The topological polar surface area (TPSA) is 46.5 Å². The van der Waals surface area contributed by atoms with Gasteiger partial charge in [0.15, 0.2) is 0 Å². The highest BCUT2D eigenvalue weighted by atomic mass is 16.5. The van der Waals surface area contributed by atoms with Crippen molar-refractivity contribution < 1.29 is 14.6 Å². The summed E-state index contributed by atoms with van der Waals surface area (Å²) in [5.41, 5.74) is 1.80. The van der Waals surface area contributed by atoms with Gasteiger partial charge in [-0.1, -0.05) is 36.8 Å². The highest BCUT2D eigenvalue weighted by Crippen LogP contribution is 2.45. The number of aryl methyl sites for hydroxylation is 1. The third-order valence-corrected chi connectivity index (χ3v) is 4.64. The van der Waals surface area contributed by atoms with Gasteiger partial charge >= 0.3 is 5.97 Å². The lowest BCUT2D eigenvalue weighted by Crippen LogP contribution is -2.46. The molecule has 20 heavy (non-hydrogen) atoms. The molecule has 3 nitrogen and oxygen atoms in total. The van der Waals surface area contributed by atoms with Gasteiger partial charge in [-0.15, -0.1) is 0 Å². The molecule has 0 amide bonds. The average Bonchev–Trinajstić information content (AvgIpc) is 2.38. The summed E-state index contributed by atoms with van der Waals surface area (Å²) >= 11 is 0. The molecule has 0 aromatic heterocycles. The van der Waals surface area contributed by atoms with Crippen LogP contribution in [-0.2, 0) is 14.9 Å². The van der Waals surface area contributed by atoms with Crippen LogP contribution in [0.1, 0.15) is 50.7 Å². The smallest absolute Gasteiger partial charge is 0.304 e. The van der Waals surface area contributed by atoms with Crippen LogP contribution in [0.25, 0.3) is 0 Å². The van der Waals surface area contributed by atoms with Gasteiger partial charge in [-0.3, -0.25) is 4.79 Å². The minimum atomic E-state index is -0.731. The molecule has 1 aliphatic heterocycles. The van der Waals surface area contributed by atoms with Crippen molar-refractivity contribution in [2.45, 2.75) is 57.5 Å². The molecule has 0 saturated carbocycles. The molecule has 1 N–H and O–H groups in total. The summed E-state index contributed by atoms with van der Waals surface area (Å²) in [7, 11) is 0. The molecule has 1 aromatic rings. The molecule has 1 saturated heterocycles. The molecule has 1 heterocycles. The Kier molecular flexibility index (Phi) is 4.19. The van der Waals surface area contributed by atoms with Crippen LogP contribution < -0.4 is 0 Å². The predicted octanol–water partition coefficient (Wildman–Crippen LogP) is 3.69. The summed E-state index contributed by atoms with van der Waals surface area (Å²) in [6.07, 6.45) is 2.62. The molecule has 1 aromatic carbocycles. The van der Waals surface area contributed by atoms with Gasteiger partial charge in [-0.2, -0.15) is 0 Å². The first kappa shape index (κ1) is 15.0. The minimum absolute atomic E-state index is 0.176. The molecule has 1 aliphatic rings. The SMILES string of the molecule is CC[C@]1(C)C[C@](CC(=O)O)(c2ccc(C)cc2)CCO1. The van der Waals surface area contributed by atoms with Gasteiger partial charge in [0.2, 0.25) is 0 Å². The number of carboxylic acid groups (broad SMARTS) is 1. The fourth-order valence-electron chi connectivity index (χ4n) is 3.27. The molecule has 0 aliphatic carbocycles. The highest BCUT2D eigenvalue weighted by Gasteiger charge is 2.44. The number of carboxylic acids is 1. The van der Waals surface area contributed by atoms with E-state index in [1.807, 2.05) is 6.92 Å². The second kappa shape index (κ2) is 5.57. The second-order valence-electron chi connectivity index (χ2n) is 6.30. The molecule has 0 bridgehead atoms. The first-order valence-corrected chi connectivity index (χ1v) is 7.32. The third-order valence-electron chi connectivity index (χ3n) is 4.64. The zero-order valence-corrected chi connectivity index (χ0v) is 12.6. The second-order valence-corrected chi connectivity index (χ2v) is 6.30. The Morgan fingerprint density at radius 3 is 2.55 bits per heavy atom. The van der Waals surface area contributed by atoms with E-state index >= 15 is 0 Å². The van der Waals surface area contributed by atoms with E-state index in [-0.39, 0.29) is 17.4 Å². The normalized spacial score (nSPS) is 30.1. The molecule has 0 unspecified atom stereocenters. The Labute approximate surface area is 121 Å². The van der Waals surface area contributed by atoms with Crippen LogP contribution in [0.2, 0.25) is 0 Å². The summed E-state index contributed by atoms with van der Waals surface area (Å²) in [6.45, 7) is 6.88. The Morgan fingerprint density at radius 1 is 1.35 bits per heavy atom. The fraction of sp³-hybridized carbons (Fsp3) is 0.588. The number of aliphatic carboxylic acids is 1. The molecule has 1 fully saturated rings. The monoisotopic (exact) mass is 276 g/mol. The van der Waals surface area contributed by atoms with E-state index < -0.39 is 5.97 Å². The average molecular weight is 276 g/mol. The van der Waals surface area contributed by atoms with Crippen LogP contribution in [0.4, 0.5) is 0 Å². The summed E-state index contributed by atoms with van der Waals surface area (Å²) in [5, 5.41) is 9.35. The maximum absolute atomic E-state index is 11.4. The quantitative estimate of drug-likeness (QED) is 0.912. The molecule has 0 radical (unpaired) electrons. The first-order chi connectivity index (χ1) is 9.39. The zero-order chi connectivity index (χ0) is 14.8. The standard InChI is InChI=1S/C17H24O3/c1-4-16(3)12-17(9-10-20-16,11-15(18)19)14-7-5-13(2)6-8-14/h5-8H,4,9-12H2,1-3H3,(H,18,19)/t16-,17+/m1/s1. The molecular formula is C17H24O3. The molecule has 3 heteroatoms. The molecular weight excluding hydrogens is 252 g/mol. The summed E-state index contributed by atoms with van der Waals surface area (Å²) in [5.74, 6) is -0.731. The minimum Gasteiger partial charge on any atom is -0.481 e. The Morgan fingerprint density at radius 2 is 2.00 bits per heavy atom. The largest absolute Gasteiger partial charge is 0.481 e. The molecule has 2 rings (SSSR count). The van der Waals surface area contributed by atoms with E-state index in [1.165, 1.54) is 5.56 Å². The third kappa shape index (κ3) is 3.04. The van der Waals surface area contributed by atoms with Crippen LogP contribution in [-0.4, -0.2) is 23.3 Å². The van der Waals surface area contributed by atoms with Crippen LogP contribution in [0.15, 0.2) is 24.3 Å². The van der Waals surface area contributed by atoms with Gasteiger partial charge in [-0.25, -0.2) is 0 Å². The Bertz CT molecular complexity index is 480. The van der Waals surface area contributed by atoms with E-state index in [9.17, 15) is 9.90 Å². The van der Waals surface area contributed by atoms with Crippen molar-refractivity contribution in [3.05, 3.63) is 35.4 Å². The van der Waals surface area contributed by atoms with Crippen molar-refractivity contribution in [2.24, 2.45) is 0 Å². The van der Waals surface area contributed by atoms with Gasteiger partial charge < -0.3 is 9.84 Å². The van der Waals surface area contributed by atoms with Crippen molar-refractivity contribution in [3.63, 3.8) is 0 Å². The lowest BCUT2D eigenvalue weighted by molar-refractivity contribution is -0.143. The summed E-state index contributed by atoms with van der Waals surface area (Å²) < 4.78 is 5.90. The number of ether oxygens (including phenoxy) is 1. The van der Waals surface area contributed by atoms with Gasteiger partial charge in [-0.05, 0) is 38.7 Å². The number of rotatable bonds is 4. The van der Waals surface area contributed by atoms with Crippen molar-refractivity contribution in [2.75, 3.05) is 6.61 Å². The number of benzene rings is 1. The van der Waals surface area contributed by atoms with E-state index in [4.69, 9.17) is 4.74 Å². The maximum atomic E-state index is 11.4. The van der Waals surface area contributed by atoms with E-state index in [1.54, 1.807) is 0 Å². The Balaban J connectivity index is 2.39. The fourth-order valence-corrected chi connectivity index (χ4v) is 3.27. The van der Waals surface area contributed by atoms with Crippen molar-refractivity contribution in [3.8, 4) is 0 Å². The van der Waals surface area contributed by atoms with Gasteiger partial charge in [0.05, 0.1) is 12.0 Å². The van der Waals surface area contributed by atoms with Crippen molar-refractivity contribution in [1.82, 2.24) is 0 Å². The van der Waals surface area contributed by atoms with Crippen LogP contribution in [0.5, 0.6) is 0 Å². The summed E-state index contributed by atoms with van der Waals surface area (Å²) in [6, 6.07) is 8.30. The van der Waals surface area contributed by atoms with Gasteiger partial charge in [0, 0.05) is 12.0 Å². The summed E-state index contributed by atoms with van der Waals surface area (Å²) in [4.78, 5) is 11.4. The van der Waals surface area contributed by atoms with E-state index in [0.29, 0.717) is 6.61 Å².